The van der Waals surface area contributed by atoms with Crippen molar-refractivity contribution in [1.82, 2.24) is 4.98 Å². The molecule has 0 aliphatic heterocycles. The van der Waals surface area contributed by atoms with Crippen LogP contribution in [0.15, 0.2) is 36.5 Å². The molecule has 0 bridgehead atoms. The van der Waals surface area contributed by atoms with E-state index in [1.807, 2.05) is 0 Å². The second-order valence-electron chi connectivity index (χ2n) is 3.85. The average molecular weight is 249 g/mol. The lowest BCUT2D eigenvalue weighted by atomic mass is 10.2. The zero-order chi connectivity index (χ0) is 13.1. The van der Waals surface area contributed by atoms with Crippen LogP contribution in [0.2, 0.25) is 0 Å². The van der Waals surface area contributed by atoms with Crippen LogP contribution in [0.3, 0.4) is 0 Å². The van der Waals surface area contributed by atoms with E-state index in [9.17, 15) is 8.78 Å². The first-order chi connectivity index (χ1) is 8.63. The van der Waals surface area contributed by atoms with Crippen LogP contribution in [0, 0.1) is 11.6 Å². The van der Waals surface area contributed by atoms with Crippen molar-refractivity contribution in [2.75, 3.05) is 11.9 Å². The highest BCUT2D eigenvalue weighted by Crippen LogP contribution is 2.27. The summed E-state index contributed by atoms with van der Waals surface area (Å²) in [5.41, 5.74) is 6.44. The maximum Gasteiger partial charge on any atom is 0.146 e. The molecule has 0 amide bonds. The third-order valence-corrected chi connectivity index (χ3v) is 2.66. The van der Waals surface area contributed by atoms with E-state index in [0.717, 1.165) is 6.20 Å². The highest BCUT2D eigenvalue weighted by Gasteiger charge is 2.13. The molecule has 0 aliphatic carbocycles. The van der Waals surface area contributed by atoms with Crippen molar-refractivity contribution in [1.29, 1.82) is 0 Å². The first-order valence-electron chi connectivity index (χ1n) is 5.46. The topological polar surface area (TPSA) is 42.2 Å². The lowest BCUT2D eigenvalue weighted by Gasteiger charge is -2.21. The second kappa shape index (κ2) is 5.10. The van der Waals surface area contributed by atoms with Gasteiger partial charge in [-0.3, -0.25) is 0 Å². The highest BCUT2D eigenvalue weighted by atomic mass is 19.1. The van der Waals surface area contributed by atoms with Gasteiger partial charge in [-0.2, -0.15) is 0 Å². The van der Waals surface area contributed by atoms with Gasteiger partial charge in [0.2, 0.25) is 0 Å². The zero-order valence-corrected chi connectivity index (χ0v) is 9.90. The van der Waals surface area contributed by atoms with Gasteiger partial charge in [0, 0.05) is 19.2 Å². The Bertz CT molecular complexity index is 558. The predicted octanol–water partition coefficient (Wildman–Crippen LogP) is 2.59. The van der Waals surface area contributed by atoms with Crippen LogP contribution in [-0.4, -0.2) is 12.0 Å². The smallest absolute Gasteiger partial charge is 0.146 e. The molecular formula is C13H13F2N3. The lowest BCUT2D eigenvalue weighted by molar-refractivity contribution is 0.617. The van der Waals surface area contributed by atoms with Crippen molar-refractivity contribution in [3.8, 4) is 0 Å². The standard InChI is InChI=1S/C13H13F2N3/c1-18(12-5-3-2-4-11(12)15)13-9(7-16)6-10(14)8-17-13/h2-6,8H,7,16H2,1H3. The van der Waals surface area contributed by atoms with Crippen molar-refractivity contribution in [2.24, 2.45) is 5.73 Å². The maximum atomic E-state index is 13.7. The molecule has 2 aromatic rings. The summed E-state index contributed by atoms with van der Waals surface area (Å²) < 4.78 is 26.7. The van der Waals surface area contributed by atoms with Gasteiger partial charge in [0.25, 0.3) is 0 Å². The van der Waals surface area contributed by atoms with Crippen LogP contribution in [0.1, 0.15) is 5.56 Å². The van der Waals surface area contributed by atoms with E-state index in [2.05, 4.69) is 4.98 Å². The van der Waals surface area contributed by atoms with Crippen molar-refractivity contribution < 1.29 is 8.78 Å². The molecule has 0 saturated heterocycles. The first-order valence-corrected chi connectivity index (χ1v) is 5.46. The maximum absolute atomic E-state index is 13.7. The van der Waals surface area contributed by atoms with Gasteiger partial charge < -0.3 is 10.6 Å². The van der Waals surface area contributed by atoms with E-state index < -0.39 is 5.82 Å². The van der Waals surface area contributed by atoms with Crippen molar-refractivity contribution >= 4 is 11.5 Å². The fraction of sp³-hybridized carbons (Fsp3) is 0.154. The summed E-state index contributed by atoms with van der Waals surface area (Å²) in [6.45, 7) is 0.138. The first kappa shape index (κ1) is 12.4. The van der Waals surface area contributed by atoms with Crippen LogP contribution in [0.5, 0.6) is 0 Å². The minimum Gasteiger partial charge on any atom is -0.327 e. The molecule has 5 heteroatoms. The molecule has 0 saturated carbocycles. The number of aromatic nitrogens is 1. The monoisotopic (exact) mass is 249 g/mol. The summed E-state index contributed by atoms with van der Waals surface area (Å²) in [7, 11) is 1.66. The van der Waals surface area contributed by atoms with Crippen LogP contribution in [0.25, 0.3) is 0 Å². The lowest BCUT2D eigenvalue weighted by Crippen LogP contribution is -2.16. The summed E-state index contributed by atoms with van der Waals surface area (Å²) in [4.78, 5) is 5.52. The van der Waals surface area contributed by atoms with Crippen LogP contribution >= 0.6 is 0 Å². The van der Waals surface area contributed by atoms with E-state index in [0.29, 0.717) is 17.1 Å². The Labute approximate surface area is 104 Å². The fourth-order valence-electron chi connectivity index (χ4n) is 1.76. The number of anilines is 2. The van der Waals surface area contributed by atoms with Gasteiger partial charge >= 0.3 is 0 Å². The molecule has 0 spiro atoms. The Morgan fingerprint density at radius 3 is 2.67 bits per heavy atom. The van der Waals surface area contributed by atoms with Crippen LogP contribution in [0.4, 0.5) is 20.3 Å². The Morgan fingerprint density at radius 2 is 2.00 bits per heavy atom. The molecule has 2 rings (SSSR count). The van der Waals surface area contributed by atoms with Gasteiger partial charge in [-0.15, -0.1) is 0 Å². The van der Waals surface area contributed by atoms with Crippen LogP contribution in [-0.2, 0) is 6.54 Å². The van der Waals surface area contributed by atoms with E-state index in [1.165, 1.54) is 12.1 Å². The summed E-state index contributed by atoms with van der Waals surface area (Å²) >= 11 is 0. The quantitative estimate of drug-likeness (QED) is 0.909. The highest BCUT2D eigenvalue weighted by molar-refractivity contribution is 5.62. The number of halogens is 2. The average Bonchev–Trinajstić information content (AvgIpc) is 2.38. The van der Waals surface area contributed by atoms with Crippen molar-refractivity contribution in [3.63, 3.8) is 0 Å². The van der Waals surface area contributed by atoms with E-state index in [-0.39, 0.29) is 12.4 Å². The number of hydrogen-bond acceptors (Lipinski definition) is 3. The molecule has 0 fully saturated rings. The molecule has 1 heterocycles. The van der Waals surface area contributed by atoms with E-state index in [4.69, 9.17) is 5.73 Å². The van der Waals surface area contributed by atoms with Crippen molar-refractivity contribution in [3.05, 3.63) is 53.7 Å². The van der Waals surface area contributed by atoms with Gasteiger partial charge in [-0.25, -0.2) is 13.8 Å². The number of benzene rings is 1. The van der Waals surface area contributed by atoms with Gasteiger partial charge in [0.05, 0.1) is 11.9 Å². The van der Waals surface area contributed by atoms with E-state index >= 15 is 0 Å². The zero-order valence-electron chi connectivity index (χ0n) is 9.90. The normalized spacial score (nSPS) is 10.4. The van der Waals surface area contributed by atoms with Gasteiger partial charge in [-0.1, -0.05) is 12.1 Å². The second-order valence-corrected chi connectivity index (χ2v) is 3.85. The largest absolute Gasteiger partial charge is 0.327 e. The fourth-order valence-corrected chi connectivity index (χ4v) is 1.76. The Balaban J connectivity index is 2.46. The van der Waals surface area contributed by atoms with E-state index in [1.54, 1.807) is 30.1 Å². The summed E-state index contributed by atoms with van der Waals surface area (Å²) in [5.74, 6) is -0.376. The summed E-state index contributed by atoms with van der Waals surface area (Å²) in [6, 6.07) is 7.62. The Hall–Kier alpha value is -2.01. The predicted molar refractivity (Wildman–Crippen MR) is 66.5 cm³/mol. The molecule has 3 nitrogen and oxygen atoms in total. The molecule has 94 valence electrons. The van der Waals surface area contributed by atoms with Gasteiger partial charge in [0.15, 0.2) is 0 Å². The molecule has 1 aromatic heterocycles. The summed E-state index contributed by atoms with van der Waals surface area (Å²) in [6.07, 6.45) is 1.09. The summed E-state index contributed by atoms with van der Waals surface area (Å²) in [5, 5.41) is 0. The molecule has 18 heavy (non-hydrogen) atoms. The van der Waals surface area contributed by atoms with Gasteiger partial charge in [0.1, 0.15) is 17.5 Å². The Kier molecular flexibility index (Phi) is 3.53. The molecule has 0 unspecified atom stereocenters. The molecule has 2 N–H and O–H groups in total. The van der Waals surface area contributed by atoms with Crippen LogP contribution < -0.4 is 10.6 Å². The molecule has 0 atom stereocenters. The minimum absolute atomic E-state index is 0.138. The minimum atomic E-state index is -0.457. The number of para-hydroxylation sites is 1. The number of nitrogens with two attached hydrogens (primary N) is 1. The SMILES string of the molecule is CN(c1ccccc1F)c1ncc(F)cc1CN. The Morgan fingerprint density at radius 1 is 1.28 bits per heavy atom. The molecule has 0 radical (unpaired) electrons. The molecular weight excluding hydrogens is 236 g/mol. The molecule has 0 aliphatic rings. The number of nitrogens with zero attached hydrogens (tertiary/aromatic N) is 2. The third kappa shape index (κ3) is 2.31. The molecule has 1 aromatic carbocycles. The number of pyridine rings is 1. The van der Waals surface area contributed by atoms with Crippen molar-refractivity contribution in [2.45, 2.75) is 6.54 Å². The number of rotatable bonds is 3. The van der Waals surface area contributed by atoms with Gasteiger partial charge in [-0.05, 0) is 18.2 Å². The number of hydrogen-bond donors (Lipinski definition) is 1. The third-order valence-electron chi connectivity index (χ3n) is 2.66.